The van der Waals surface area contributed by atoms with Gasteiger partial charge in [-0.2, -0.15) is 0 Å². The first-order valence-electron chi connectivity index (χ1n) is 5.17. The summed E-state index contributed by atoms with van der Waals surface area (Å²) in [5, 5.41) is 9.10. The van der Waals surface area contributed by atoms with E-state index in [9.17, 15) is 4.79 Å². The van der Waals surface area contributed by atoms with Crippen molar-refractivity contribution in [2.24, 2.45) is 11.7 Å². The van der Waals surface area contributed by atoms with Gasteiger partial charge in [0.1, 0.15) is 5.75 Å². The molecule has 4 nitrogen and oxygen atoms in total. The van der Waals surface area contributed by atoms with E-state index in [2.05, 4.69) is 0 Å². The molecule has 0 heterocycles. The third-order valence-electron chi connectivity index (χ3n) is 2.43. The number of benzene rings is 1. The molecule has 0 aromatic heterocycles. The molecule has 1 aromatic rings. The highest BCUT2D eigenvalue weighted by atomic mass is 16.5. The Labute approximate surface area is 95.0 Å². The van der Waals surface area contributed by atoms with Crippen LogP contribution in [0, 0.1) is 5.92 Å². The van der Waals surface area contributed by atoms with Crippen LogP contribution in [0.25, 0.3) is 0 Å². The molecular weight excluding hydrogens is 206 g/mol. The topological polar surface area (TPSA) is 72.6 Å². The van der Waals surface area contributed by atoms with E-state index < -0.39 is 0 Å². The smallest absolute Gasteiger partial charge is 0.217 e. The number of amides is 1. The largest absolute Gasteiger partial charge is 0.497 e. The molecule has 0 aliphatic heterocycles. The number of carbonyl (C=O) groups is 1. The minimum atomic E-state index is -0.382. The quantitative estimate of drug-likeness (QED) is 0.746. The average molecular weight is 223 g/mol. The molecule has 4 heteroatoms. The summed E-state index contributed by atoms with van der Waals surface area (Å²) < 4.78 is 5.04. The van der Waals surface area contributed by atoms with E-state index in [4.69, 9.17) is 15.6 Å². The zero-order valence-electron chi connectivity index (χ0n) is 9.35. The maximum absolute atomic E-state index is 10.8. The van der Waals surface area contributed by atoms with Crippen molar-refractivity contribution >= 4 is 5.91 Å². The fourth-order valence-electron chi connectivity index (χ4n) is 1.58. The fourth-order valence-corrected chi connectivity index (χ4v) is 1.58. The number of hydrogen-bond donors (Lipinski definition) is 2. The number of aliphatic hydroxyl groups is 1. The van der Waals surface area contributed by atoms with Gasteiger partial charge in [-0.25, -0.2) is 0 Å². The van der Waals surface area contributed by atoms with Crippen LogP contribution in [0.4, 0.5) is 0 Å². The molecule has 0 spiro atoms. The van der Waals surface area contributed by atoms with Crippen LogP contribution in [0.2, 0.25) is 0 Å². The summed E-state index contributed by atoms with van der Waals surface area (Å²) in [5.41, 5.74) is 6.15. The number of nitrogens with two attached hydrogens (primary N) is 1. The zero-order valence-corrected chi connectivity index (χ0v) is 9.35. The van der Waals surface area contributed by atoms with E-state index in [0.717, 1.165) is 11.3 Å². The second-order valence-electron chi connectivity index (χ2n) is 3.77. The number of ether oxygens (including phenoxy) is 1. The lowest BCUT2D eigenvalue weighted by molar-refractivity contribution is -0.119. The Morgan fingerprint density at radius 1 is 1.44 bits per heavy atom. The predicted octanol–water partition coefficient (Wildman–Crippen LogP) is 0.722. The van der Waals surface area contributed by atoms with Gasteiger partial charge >= 0.3 is 0 Å². The van der Waals surface area contributed by atoms with Crippen LogP contribution in [-0.4, -0.2) is 24.7 Å². The SMILES string of the molecule is COc1ccc(C[C@@H](CO)CC(N)=O)cc1. The summed E-state index contributed by atoms with van der Waals surface area (Å²) in [7, 11) is 1.61. The van der Waals surface area contributed by atoms with E-state index >= 15 is 0 Å². The summed E-state index contributed by atoms with van der Waals surface area (Å²) in [4.78, 5) is 10.8. The lowest BCUT2D eigenvalue weighted by Gasteiger charge is -2.12. The van der Waals surface area contributed by atoms with Gasteiger partial charge in [-0.1, -0.05) is 12.1 Å². The number of carbonyl (C=O) groups excluding carboxylic acids is 1. The van der Waals surface area contributed by atoms with Crippen molar-refractivity contribution < 1.29 is 14.6 Å². The van der Waals surface area contributed by atoms with Crippen molar-refractivity contribution in [3.63, 3.8) is 0 Å². The van der Waals surface area contributed by atoms with Crippen LogP contribution < -0.4 is 10.5 Å². The maximum Gasteiger partial charge on any atom is 0.217 e. The molecule has 0 aliphatic carbocycles. The third kappa shape index (κ3) is 3.90. The second kappa shape index (κ2) is 6.12. The summed E-state index contributed by atoms with van der Waals surface area (Å²) >= 11 is 0. The van der Waals surface area contributed by atoms with Crippen LogP contribution >= 0.6 is 0 Å². The predicted molar refractivity (Wildman–Crippen MR) is 61.1 cm³/mol. The molecule has 0 radical (unpaired) electrons. The first-order valence-corrected chi connectivity index (χ1v) is 5.17. The fraction of sp³-hybridized carbons (Fsp3) is 0.417. The van der Waals surface area contributed by atoms with E-state index in [-0.39, 0.29) is 24.9 Å². The molecule has 0 saturated heterocycles. The summed E-state index contributed by atoms with van der Waals surface area (Å²) in [6.07, 6.45) is 0.853. The normalized spacial score (nSPS) is 12.1. The third-order valence-corrected chi connectivity index (χ3v) is 2.43. The molecule has 0 fully saturated rings. The van der Waals surface area contributed by atoms with Gasteiger partial charge in [-0.15, -0.1) is 0 Å². The summed E-state index contributed by atoms with van der Waals surface area (Å²) in [6, 6.07) is 7.55. The van der Waals surface area contributed by atoms with Crippen LogP contribution in [0.1, 0.15) is 12.0 Å². The van der Waals surface area contributed by atoms with Crippen molar-refractivity contribution in [2.45, 2.75) is 12.8 Å². The molecule has 0 bridgehead atoms. The minimum Gasteiger partial charge on any atom is -0.497 e. The van der Waals surface area contributed by atoms with Gasteiger partial charge in [0.2, 0.25) is 5.91 Å². The molecule has 1 amide bonds. The monoisotopic (exact) mass is 223 g/mol. The Morgan fingerprint density at radius 2 is 2.06 bits per heavy atom. The zero-order chi connectivity index (χ0) is 12.0. The molecule has 3 N–H and O–H groups in total. The molecule has 88 valence electrons. The number of primary amides is 1. The van der Waals surface area contributed by atoms with Crippen LogP contribution in [0.3, 0.4) is 0 Å². The van der Waals surface area contributed by atoms with Crippen molar-refractivity contribution in [3.05, 3.63) is 29.8 Å². The molecule has 0 aliphatic rings. The number of aliphatic hydroxyl groups excluding tert-OH is 1. The van der Waals surface area contributed by atoms with E-state index in [0.29, 0.717) is 6.42 Å². The standard InChI is InChI=1S/C12H17NO3/c1-16-11-4-2-9(3-5-11)6-10(8-14)7-12(13)15/h2-5,10,14H,6-8H2,1H3,(H2,13,15)/t10-/m1/s1. The highest BCUT2D eigenvalue weighted by Gasteiger charge is 2.11. The van der Waals surface area contributed by atoms with E-state index in [1.807, 2.05) is 24.3 Å². The van der Waals surface area contributed by atoms with Gasteiger partial charge in [0, 0.05) is 13.0 Å². The van der Waals surface area contributed by atoms with Crippen LogP contribution in [0.5, 0.6) is 5.75 Å². The highest BCUT2D eigenvalue weighted by molar-refractivity contribution is 5.74. The Balaban J connectivity index is 2.59. The van der Waals surface area contributed by atoms with Crippen molar-refractivity contribution in [2.75, 3.05) is 13.7 Å². The number of methoxy groups -OCH3 is 1. The summed E-state index contributed by atoms with van der Waals surface area (Å²) in [6.45, 7) is -0.0328. The van der Waals surface area contributed by atoms with Gasteiger partial charge in [0.05, 0.1) is 7.11 Å². The molecule has 1 rings (SSSR count). The molecule has 1 atom stereocenters. The Hall–Kier alpha value is -1.55. The van der Waals surface area contributed by atoms with Gasteiger partial charge in [-0.3, -0.25) is 4.79 Å². The van der Waals surface area contributed by atoms with Crippen LogP contribution in [0.15, 0.2) is 24.3 Å². The van der Waals surface area contributed by atoms with Gasteiger partial charge in [0.25, 0.3) is 0 Å². The summed E-state index contributed by atoms with van der Waals surface area (Å²) in [5.74, 6) is 0.303. The second-order valence-corrected chi connectivity index (χ2v) is 3.77. The Bertz CT molecular complexity index is 335. The average Bonchev–Trinajstić information content (AvgIpc) is 2.28. The lowest BCUT2D eigenvalue weighted by Crippen LogP contribution is -2.20. The van der Waals surface area contributed by atoms with E-state index in [1.165, 1.54) is 0 Å². The first kappa shape index (κ1) is 12.5. The number of hydrogen-bond acceptors (Lipinski definition) is 3. The minimum absolute atomic E-state index is 0.0328. The molecule has 0 unspecified atom stereocenters. The molecule has 16 heavy (non-hydrogen) atoms. The van der Waals surface area contributed by atoms with E-state index in [1.54, 1.807) is 7.11 Å². The highest BCUT2D eigenvalue weighted by Crippen LogP contribution is 2.16. The van der Waals surface area contributed by atoms with Crippen LogP contribution in [-0.2, 0) is 11.2 Å². The molecule has 0 saturated carbocycles. The van der Waals surface area contributed by atoms with Gasteiger partial charge < -0.3 is 15.6 Å². The van der Waals surface area contributed by atoms with Crippen molar-refractivity contribution in [1.29, 1.82) is 0 Å². The van der Waals surface area contributed by atoms with Gasteiger partial charge in [0.15, 0.2) is 0 Å². The Kier molecular flexibility index (Phi) is 4.79. The number of rotatable bonds is 6. The van der Waals surface area contributed by atoms with Gasteiger partial charge in [-0.05, 0) is 30.0 Å². The van der Waals surface area contributed by atoms with Crippen molar-refractivity contribution in [1.82, 2.24) is 0 Å². The lowest BCUT2D eigenvalue weighted by atomic mass is 9.97. The van der Waals surface area contributed by atoms with Crippen molar-refractivity contribution in [3.8, 4) is 5.75 Å². The Morgan fingerprint density at radius 3 is 2.50 bits per heavy atom. The molecule has 1 aromatic carbocycles. The molecular formula is C12H17NO3. The first-order chi connectivity index (χ1) is 7.65. The maximum atomic E-state index is 10.8.